The van der Waals surface area contributed by atoms with E-state index in [0.29, 0.717) is 24.3 Å². The molecule has 0 bridgehead atoms. The van der Waals surface area contributed by atoms with E-state index in [-0.39, 0.29) is 23.8 Å². The van der Waals surface area contributed by atoms with Crippen molar-refractivity contribution in [2.75, 3.05) is 11.9 Å². The van der Waals surface area contributed by atoms with Crippen molar-refractivity contribution in [1.82, 2.24) is 5.32 Å². The number of benzene rings is 2. The van der Waals surface area contributed by atoms with Gasteiger partial charge in [-0.05, 0) is 68.3 Å². The van der Waals surface area contributed by atoms with E-state index in [2.05, 4.69) is 26.6 Å². The van der Waals surface area contributed by atoms with Crippen LogP contribution in [0.2, 0.25) is 0 Å². The quantitative estimate of drug-likeness (QED) is 0.796. The second-order valence-corrected chi connectivity index (χ2v) is 7.57. The summed E-state index contributed by atoms with van der Waals surface area (Å²) in [7, 11) is 0. The van der Waals surface area contributed by atoms with Gasteiger partial charge in [-0.2, -0.15) is 0 Å². The highest BCUT2D eigenvalue weighted by molar-refractivity contribution is 9.10. The molecular weight excluding hydrogens is 396 g/mol. The lowest BCUT2D eigenvalue weighted by Gasteiger charge is -2.26. The van der Waals surface area contributed by atoms with Crippen molar-refractivity contribution in [3.8, 4) is 5.75 Å². The summed E-state index contributed by atoms with van der Waals surface area (Å²) in [6.07, 6.45) is 0.593. The summed E-state index contributed by atoms with van der Waals surface area (Å²) in [6.45, 7) is 4.24. The molecule has 0 radical (unpaired) electrons. The molecule has 2 aromatic rings. The topological polar surface area (TPSA) is 67.4 Å². The highest BCUT2D eigenvalue weighted by atomic mass is 79.9. The fourth-order valence-corrected chi connectivity index (χ4v) is 3.11. The van der Waals surface area contributed by atoms with Gasteiger partial charge in [0.15, 0.2) is 0 Å². The number of hydrogen-bond acceptors (Lipinski definition) is 3. The van der Waals surface area contributed by atoms with Crippen molar-refractivity contribution < 1.29 is 14.3 Å². The first-order valence-corrected chi connectivity index (χ1v) is 9.34. The lowest BCUT2D eigenvalue weighted by atomic mass is 9.95. The SMILES string of the molecule is CC(C)NC(=O)[C@@H]1COc2ccc(NC(=O)c3ccc(Br)cc3)cc2C1. The number of anilines is 1. The summed E-state index contributed by atoms with van der Waals surface area (Å²) in [5, 5.41) is 5.82. The predicted octanol–water partition coefficient (Wildman–Crippen LogP) is 3.78. The largest absolute Gasteiger partial charge is 0.492 e. The van der Waals surface area contributed by atoms with Gasteiger partial charge in [-0.1, -0.05) is 15.9 Å². The normalized spacial score (nSPS) is 15.8. The van der Waals surface area contributed by atoms with Crippen LogP contribution in [0.25, 0.3) is 0 Å². The summed E-state index contributed by atoms with van der Waals surface area (Å²) >= 11 is 3.36. The molecule has 1 atom stereocenters. The molecule has 1 heterocycles. The monoisotopic (exact) mass is 416 g/mol. The summed E-state index contributed by atoms with van der Waals surface area (Å²) in [4.78, 5) is 24.6. The van der Waals surface area contributed by atoms with Crippen molar-refractivity contribution >= 4 is 33.4 Å². The molecule has 3 rings (SSSR count). The highest BCUT2D eigenvalue weighted by Gasteiger charge is 2.26. The minimum Gasteiger partial charge on any atom is -0.492 e. The number of nitrogens with one attached hydrogen (secondary N) is 2. The molecule has 0 fully saturated rings. The molecule has 0 saturated carbocycles. The first-order chi connectivity index (χ1) is 12.4. The lowest BCUT2D eigenvalue weighted by molar-refractivity contribution is -0.126. The minimum absolute atomic E-state index is 0.00467. The molecule has 136 valence electrons. The summed E-state index contributed by atoms with van der Waals surface area (Å²) in [5.41, 5.74) is 2.19. The molecule has 0 aromatic heterocycles. The van der Waals surface area contributed by atoms with Crippen LogP contribution in [0.15, 0.2) is 46.9 Å². The molecule has 26 heavy (non-hydrogen) atoms. The summed E-state index contributed by atoms with van der Waals surface area (Å²) in [6, 6.07) is 12.8. The van der Waals surface area contributed by atoms with Gasteiger partial charge in [0.05, 0.1) is 5.92 Å². The zero-order chi connectivity index (χ0) is 18.7. The smallest absolute Gasteiger partial charge is 0.255 e. The van der Waals surface area contributed by atoms with Gasteiger partial charge in [0, 0.05) is 21.8 Å². The number of carbonyl (C=O) groups is 2. The Bertz CT molecular complexity index is 818. The number of ether oxygens (including phenoxy) is 1. The second-order valence-electron chi connectivity index (χ2n) is 6.66. The maximum absolute atomic E-state index is 12.4. The minimum atomic E-state index is -0.220. The van der Waals surface area contributed by atoms with Gasteiger partial charge in [0.25, 0.3) is 5.91 Å². The molecule has 2 amide bonds. The highest BCUT2D eigenvalue weighted by Crippen LogP contribution is 2.30. The molecule has 1 aliphatic heterocycles. The van der Waals surface area contributed by atoms with Crippen molar-refractivity contribution in [3.63, 3.8) is 0 Å². The Morgan fingerprint density at radius 1 is 1.15 bits per heavy atom. The molecule has 2 N–H and O–H groups in total. The van der Waals surface area contributed by atoms with E-state index in [1.165, 1.54) is 0 Å². The standard InChI is InChI=1S/C20H21BrN2O3/c1-12(2)22-20(25)15-9-14-10-17(7-8-18(14)26-11-15)23-19(24)13-3-5-16(21)6-4-13/h3-8,10,12,15H,9,11H2,1-2H3,(H,22,25)(H,23,24)/t15-/m0/s1. The van der Waals surface area contributed by atoms with Crippen molar-refractivity contribution in [3.05, 3.63) is 58.1 Å². The maximum Gasteiger partial charge on any atom is 0.255 e. The van der Waals surface area contributed by atoms with Crippen LogP contribution in [-0.2, 0) is 11.2 Å². The fourth-order valence-electron chi connectivity index (χ4n) is 2.85. The van der Waals surface area contributed by atoms with E-state index < -0.39 is 0 Å². The fraction of sp³-hybridized carbons (Fsp3) is 0.300. The molecule has 6 heteroatoms. The van der Waals surface area contributed by atoms with Gasteiger partial charge in [-0.3, -0.25) is 9.59 Å². The Hall–Kier alpha value is -2.34. The first-order valence-electron chi connectivity index (χ1n) is 8.55. The first kappa shape index (κ1) is 18.5. The van der Waals surface area contributed by atoms with Crippen LogP contribution in [0.4, 0.5) is 5.69 Å². The van der Waals surface area contributed by atoms with E-state index in [1.807, 2.05) is 44.2 Å². The number of amides is 2. The molecule has 0 unspecified atom stereocenters. The van der Waals surface area contributed by atoms with E-state index >= 15 is 0 Å². The predicted molar refractivity (Wildman–Crippen MR) is 105 cm³/mol. The van der Waals surface area contributed by atoms with Crippen molar-refractivity contribution in [1.29, 1.82) is 0 Å². The van der Waals surface area contributed by atoms with E-state index in [1.54, 1.807) is 12.1 Å². The van der Waals surface area contributed by atoms with Crippen LogP contribution in [0.3, 0.4) is 0 Å². The Balaban J connectivity index is 1.71. The third-order valence-corrected chi connectivity index (χ3v) is 4.66. The van der Waals surface area contributed by atoms with Gasteiger partial charge < -0.3 is 15.4 Å². The van der Waals surface area contributed by atoms with Crippen molar-refractivity contribution in [2.45, 2.75) is 26.3 Å². The number of fused-ring (bicyclic) bond motifs is 1. The van der Waals surface area contributed by atoms with E-state index in [4.69, 9.17) is 4.74 Å². The van der Waals surface area contributed by atoms with E-state index in [9.17, 15) is 9.59 Å². The third-order valence-electron chi connectivity index (χ3n) is 4.13. The Morgan fingerprint density at radius 3 is 2.58 bits per heavy atom. The number of rotatable bonds is 4. The average Bonchev–Trinajstić information content (AvgIpc) is 2.61. The van der Waals surface area contributed by atoms with Crippen LogP contribution in [-0.4, -0.2) is 24.5 Å². The summed E-state index contributed by atoms with van der Waals surface area (Å²) < 4.78 is 6.64. The number of hydrogen-bond donors (Lipinski definition) is 2. The van der Waals surface area contributed by atoms with Crippen LogP contribution in [0.1, 0.15) is 29.8 Å². The zero-order valence-electron chi connectivity index (χ0n) is 14.7. The van der Waals surface area contributed by atoms with Crippen LogP contribution < -0.4 is 15.4 Å². The Morgan fingerprint density at radius 2 is 1.88 bits per heavy atom. The van der Waals surface area contributed by atoms with Gasteiger partial charge in [0.1, 0.15) is 12.4 Å². The Kier molecular flexibility index (Phi) is 5.61. The van der Waals surface area contributed by atoms with Crippen LogP contribution in [0, 0.1) is 5.92 Å². The summed E-state index contributed by atoms with van der Waals surface area (Å²) in [5.74, 6) is 0.362. The van der Waals surface area contributed by atoms with Crippen LogP contribution >= 0.6 is 15.9 Å². The van der Waals surface area contributed by atoms with Gasteiger partial charge >= 0.3 is 0 Å². The molecule has 1 aliphatic rings. The van der Waals surface area contributed by atoms with Gasteiger partial charge in [-0.25, -0.2) is 0 Å². The second kappa shape index (κ2) is 7.91. The Labute approximate surface area is 161 Å². The number of carbonyl (C=O) groups excluding carboxylic acids is 2. The number of halogens is 1. The maximum atomic E-state index is 12.4. The van der Waals surface area contributed by atoms with Gasteiger partial charge in [-0.15, -0.1) is 0 Å². The molecule has 0 aliphatic carbocycles. The molecule has 5 nitrogen and oxygen atoms in total. The van der Waals surface area contributed by atoms with E-state index in [0.717, 1.165) is 15.8 Å². The lowest BCUT2D eigenvalue weighted by Crippen LogP contribution is -2.40. The average molecular weight is 417 g/mol. The molecule has 0 saturated heterocycles. The third kappa shape index (κ3) is 4.43. The van der Waals surface area contributed by atoms with Crippen molar-refractivity contribution in [2.24, 2.45) is 5.92 Å². The molecular formula is C20H21BrN2O3. The van der Waals surface area contributed by atoms with Gasteiger partial charge in [0.2, 0.25) is 5.91 Å². The van der Waals surface area contributed by atoms with Crippen LogP contribution in [0.5, 0.6) is 5.75 Å². The molecule has 0 spiro atoms. The molecule has 2 aromatic carbocycles. The zero-order valence-corrected chi connectivity index (χ0v) is 16.3.